The van der Waals surface area contributed by atoms with E-state index < -0.39 is 0 Å². The molecule has 0 N–H and O–H groups in total. The van der Waals surface area contributed by atoms with Gasteiger partial charge in [-0.1, -0.05) is 30.3 Å². The molecule has 1 atom stereocenters. The molecule has 0 aliphatic carbocycles. The maximum atomic E-state index is 12.9. The van der Waals surface area contributed by atoms with Gasteiger partial charge in [-0.15, -0.1) is 0 Å². The Kier molecular flexibility index (Phi) is 4.21. The van der Waals surface area contributed by atoms with Gasteiger partial charge in [0.05, 0.1) is 18.7 Å². The van der Waals surface area contributed by atoms with Gasteiger partial charge in [0.1, 0.15) is 5.76 Å². The van der Waals surface area contributed by atoms with Crippen molar-refractivity contribution in [2.75, 3.05) is 18.5 Å². The minimum absolute atomic E-state index is 0.00772. The van der Waals surface area contributed by atoms with Gasteiger partial charge in [0.25, 0.3) is 0 Å². The number of anilines is 1. The van der Waals surface area contributed by atoms with Crippen LogP contribution in [-0.2, 0) is 16.1 Å². The van der Waals surface area contributed by atoms with E-state index in [1.54, 1.807) is 29.2 Å². The van der Waals surface area contributed by atoms with Crippen molar-refractivity contribution in [1.82, 2.24) is 4.90 Å². The number of benzene rings is 2. The summed E-state index contributed by atoms with van der Waals surface area (Å²) >= 11 is 0. The Hall–Kier alpha value is -3.08. The van der Waals surface area contributed by atoms with Crippen molar-refractivity contribution < 1.29 is 14.0 Å². The second-order valence-electron chi connectivity index (χ2n) is 6.68. The Morgan fingerprint density at radius 1 is 1.15 bits per heavy atom. The van der Waals surface area contributed by atoms with Gasteiger partial charge in [-0.3, -0.25) is 9.59 Å². The van der Waals surface area contributed by atoms with Gasteiger partial charge in [0.2, 0.25) is 11.8 Å². The topological polar surface area (TPSA) is 53.8 Å². The molecule has 132 valence electrons. The predicted octanol–water partition coefficient (Wildman–Crippen LogP) is 3.44. The number of furan rings is 1. The fourth-order valence-corrected chi connectivity index (χ4v) is 3.47. The molecule has 1 fully saturated rings. The summed E-state index contributed by atoms with van der Waals surface area (Å²) in [4.78, 5) is 28.5. The van der Waals surface area contributed by atoms with E-state index in [4.69, 9.17) is 4.42 Å². The molecule has 0 bridgehead atoms. The number of rotatable bonds is 4. The molecule has 4 rings (SSSR count). The second-order valence-corrected chi connectivity index (χ2v) is 6.68. The molecule has 1 unspecified atom stereocenters. The first-order chi connectivity index (χ1) is 12.6. The van der Waals surface area contributed by atoms with Crippen molar-refractivity contribution in [2.24, 2.45) is 5.92 Å². The first kappa shape index (κ1) is 16.4. The monoisotopic (exact) mass is 348 g/mol. The van der Waals surface area contributed by atoms with Crippen molar-refractivity contribution in [1.29, 1.82) is 0 Å². The fourth-order valence-electron chi connectivity index (χ4n) is 3.47. The van der Waals surface area contributed by atoms with E-state index in [0.29, 0.717) is 13.1 Å². The van der Waals surface area contributed by atoms with Gasteiger partial charge in [-0.2, -0.15) is 0 Å². The second kappa shape index (κ2) is 6.67. The molecule has 1 aliphatic heterocycles. The fraction of sp³-hybridized carbons (Fsp3) is 0.238. The summed E-state index contributed by atoms with van der Waals surface area (Å²) < 4.78 is 5.31. The molecule has 26 heavy (non-hydrogen) atoms. The van der Waals surface area contributed by atoms with Crippen LogP contribution in [0.5, 0.6) is 0 Å². The molecule has 2 aromatic carbocycles. The van der Waals surface area contributed by atoms with E-state index in [9.17, 15) is 9.59 Å². The molecule has 0 saturated carbocycles. The zero-order valence-corrected chi connectivity index (χ0v) is 14.6. The molecule has 2 amide bonds. The summed E-state index contributed by atoms with van der Waals surface area (Å²) in [5.41, 5.74) is 0.839. The van der Waals surface area contributed by atoms with Crippen LogP contribution in [0.4, 0.5) is 5.69 Å². The van der Waals surface area contributed by atoms with Gasteiger partial charge in [-0.25, -0.2) is 0 Å². The molecule has 2 heterocycles. The van der Waals surface area contributed by atoms with Gasteiger partial charge >= 0.3 is 0 Å². The highest BCUT2D eigenvalue weighted by Gasteiger charge is 2.36. The standard InChI is InChI=1S/C21H20N2O3/c1-22(18-9-8-15-5-2-3-6-16(15)11-18)21(25)17-12-20(24)23(13-17)14-19-7-4-10-26-19/h2-11,17H,12-14H2,1H3. The molecular weight excluding hydrogens is 328 g/mol. The number of hydrogen-bond acceptors (Lipinski definition) is 3. The average molecular weight is 348 g/mol. The Labute approximate surface area is 151 Å². The lowest BCUT2D eigenvalue weighted by Gasteiger charge is -2.21. The molecule has 1 aliphatic rings. The van der Waals surface area contributed by atoms with E-state index in [2.05, 4.69) is 0 Å². The number of nitrogens with zero attached hydrogens (tertiary/aromatic N) is 2. The lowest BCUT2D eigenvalue weighted by molar-refractivity contribution is -0.129. The molecule has 5 heteroatoms. The van der Waals surface area contributed by atoms with Crippen molar-refractivity contribution in [3.63, 3.8) is 0 Å². The lowest BCUT2D eigenvalue weighted by atomic mass is 10.1. The number of carbonyl (C=O) groups is 2. The van der Waals surface area contributed by atoms with E-state index in [1.165, 1.54) is 0 Å². The molecule has 1 saturated heterocycles. The van der Waals surface area contributed by atoms with Crippen LogP contribution in [-0.4, -0.2) is 30.3 Å². The van der Waals surface area contributed by atoms with E-state index in [-0.39, 0.29) is 24.2 Å². The summed E-state index contributed by atoms with van der Waals surface area (Å²) in [6.07, 6.45) is 1.84. The molecule has 3 aromatic rings. The van der Waals surface area contributed by atoms with Crippen LogP contribution in [0, 0.1) is 5.92 Å². The maximum Gasteiger partial charge on any atom is 0.232 e. The third-order valence-corrected chi connectivity index (χ3v) is 4.94. The number of fused-ring (bicyclic) bond motifs is 1. The van der Waals surface area contributed by atoms with E-state index in [1.807, 2.05) is 48.5 Å². The first-order valence-electron chi connectivity index (χ1n) is 8.68. The minimum Gasteiger partial charge on any atom is -0.467 e. The highest BCUT2D eigenvalue weighted by atomic mass is 16.3. The summed E-state index contributed by atoms with van der Waals surface area (Å²) in [5.74, 6) is 0.366. The maximum absolute atomic E-state index is 12.9. The largest absolute Gasteiger partial charge is 0.467 e. The third kappa shape index (κ3) is 3.08. The number of amides is 2. The minimum atomic E-state index is -0.325. The molecule has 1 aromatic heterocycles. The molecule has 0 spiro atoms. The smallest absolute Gasteiger partial charge is 0.232 e. The Morgan fingerprint density at radius 3 is 2.73 bits per heavy atom. The highest BCUT2D eigenvalue weighted by molar-refractivity contribution is 6.00. The SMILES string of the molecule is CN(C(=O)C1CC(=O)N(Cc2ccco2)C1)c1ccc2ccccc2c1. The van der Waals surface area contributed by atoms with Crippen LogP contribution in [0.25, 0.3) is 10.8 Å². The summed E-state index contributed by atoms with van der Waals surface area (Å²) in [6.45, 7) is 0.839. The summed E-state index contributed by atoms with van der Waals surface area (Å²) in [7, 11) is 1.77. The van der Waals surface area contributed by atoms with Crippen LogP contribution in [0.3, 0.4) is 0 Å². The zero-order chi connectivity index (χ0) is 18.1. The zero-order valence-electron chi connectivity index (χ0n) is 14.6. The average Bonchev–Trinajstić information content (AvgIpc) is 3.30. The van der Waals surface area contributed by atoms with Crippen LogP contribution in [0.2, 0.25) is 0 Å². The molecular formula is C21H20N2O3. The van der Waals surface area contributed by atoms with Crippen molar-refractivity contribution in [3.05, 3.63) is 66.6 Å². The number of hydrogen-bond donors (Lipinski definition) is 0. The van der Waals surface area contributed by atoms with Gasteiger partial charge in [0, 0.05) is 25.7 Å². The Morgan fingerprint density at radius 2 is 1.96 bits per heavy atom. The third-order valence-electron chi connectivity index (χ3n) is 4.94. The normalized spacial score (nSPS) is 17.0. The number of carbonyl (C=O) groups excluding carboxylic acids is 2. The quantitative estimate of drug-likeness (QED) is 0.726. The predicted molar refractivity (Wildman–Crippen MR) is 99.6 cm³/mol. The van der Waals surface area contributed by atoms with Crippen molar-refractivity contribution in [3.8, 4) is 0 Å². The van der Waals surface area contributed by atoms with Crippen LogP contribution in [0.15, 0.2) is 65.3 Å². The Balaban J connectivity index is 1.48. The van der Waals surface area contributed by atoms with Crippen molar-refractivity contribution in [2.45, 2.75) is 13.0 Å². The van der Waals surface area contributed by atoms with Gasteiger partial charge in [-0.05, 0) is 35.0 Å². The summed E-state index contributed by atoms with van der Waals surface area (Å²) in [6, 6.07) is 17.6. The van der Waals surface area contributed by atoms with Crippen LogP contribution in [0.1, 0.15) is 12.2 Å². The Bertz CT molecular complexity index is 949. The molecule has 0 radical (unpaired) electrons. The summed E-state index contributed by atoms with van der Waals surface area (Å²) in [5, 5.41) is 2.23. The van der Waals surface area contributed by atoms with Crippen LogP contribution < -0.4 is 4.90 Å². The molecule has 5 nitrogen and oxygen atoms in total. The van der Waals surface area contributed by atoms with Crippen molar-refractivity contribution >= 4 is 28.3 Å². The lowest BCUT2D eigenvalue weighted by Crippen LogP contribution is -2.34. The van der Waals surface area contributed by atoms with Gasteiger partial charge in [0.15, 0.2) is 0 Å². The van der Waals surface area contributed by atoms with E-state index in [0.717, 1.165) is 22.2 Å². The van der Waals surface area contributed by atoms with Crippen LogP contribution >= 0.6 is 0 Å². The first-order valence-corrected chi connectivity index (χ1v) is 8.68. The number of likely N-dealkylation sites (tertiary alicyclic amines) is 1. The highest BCUT2D eigenvalue weighted by Crippen LogP contribution is 2.26. The van der Waals surface area contributed by atoms with Gasteiger partial charge < -0.3 is 14.2 Å². The van der Waals surface area contributed by atoms with E-state index >= 15 is 0 Å².